The number of hydrogen-bond acceptors (Lipinski definition) is 6. The number of piperazine rings is 1. The van der Waals surface area contributed by atoms with Crippen LogP contribution in [0.3, 0.4) is 0 Å². The van der Waals surface area contributed by atoms with Gasteiger partial charge in [0.05, 0.1) is 7.11 Å². The maximum absolute atomic E-state index is 12.2. The summed E-state index contributed by atoms with van der Waals surface area (Å²) in [7, 11) is 1.61. The van der Waals surface area contributed by atoms with Gasteiger partial charge in [-0.2, -0.15) is 0 Å². The van der Waals surface area contributed by atoms with Gasteiger partial charge in [-0.1, -0.05) is 36.0 Å². The fraction of sp³-hybridized carbons (Fsp3) is 0.333. The van der Waals surface area contributed by atoms with E-state index in [1.165, 1.54) is 11.8 Å². The Morgan fingerprint density at radius 1 is 1.00 bits per heavy atom. The number of ether oxygens (including phenoxy) is 2. The van der Waals surface area contributed by atoms with Gasteiger partial charge < -0.3 is 25.0 Å². The fourth-order valence-electron chi connectivity index (χ4n) is 2.80. The molecule has 0 radical (unpaired) electrons. The quantitative estimate of drug-likeness (QED) is 0.754. The third kappa shape index (κ3) is 6.69. The highest BCUT2D eigenvalue weighted by Gasteiger charge is 2.16. The van der Waals surface area contributed by atoms with Gasteiger partial charge >= 0.3 is 6.09 Å². The first-order valence-electron chi connectivity index (χ1n) is 9.44. The van der Waals surface area contributed by atoms with Gasteiger partial charge in [0.25, 0.3) is 5.24 Å². The molecule has 3 rings (SSSR count). The fourth-order valence-corrected chi connectivity index (χ4v) is 3.65. The summed E-state index contributed by atoms with van der Waals surface area (Å²) < 4.78 is 10.4. The van der Waals surface area contributed by atoms with Crippen LogP contribution in [0.4, 0.5) is 9.59 Å². The minimum Gasteiger partial charge on any atom is -0.497 e. The summed E-state index contributed by atoms with van der Waals surface area (Å²) in [6, 6.07) is 14.6. The monoisotopic (exact) mass is 415 g/mol. The van der Waals surface area contributed by atoms with E-state index >= 15 is 0 Å². The number of methoxy groups -OCH3 is 1. The Hall–Kier alpha value is -2.71. The molecule has 2 N–H and O–H groups in total. The van der Waals surface area contributed by atoms with Crippen molar-refractivity contribution in [1.82, 2.24) is 15.5 Å². The number of amides is 2. The number of hydrogen-bond donors (Lipinski definition) is 2. The van der Waals surface area contributed by atoms with Crippen LogP contribution in [-0.2, 0) is 12.3 Å². The molecule has 0 aliphatic carbocycles. The molecule has 1 aliphatic heterocycles. The van der Waals surface area contributed by atoms with Crippen LogP contribution in [-0.4, -0.2) is 49.5 Å². The molecule has 1 saturated heterocycles. The Labute approximate surface area is 174 Å². The summed E-state index contributed by atoms with van der Waals surface area (Å²) >= 11 is 1.29. The van der Waals surface area contributed by atoms with E-state index in [2.05, 4.69) is 10.6 Å². The number of nitrogens with zero attached hydrogens (tertiary/aromatic N) is 1. The van der Waals surface area contributed by atoms with Crippen molar-refractivity contribution in [2.45, 2.75) is 12.3 Å². The van der Waals surface area contributed by atoms with Crippen molar-refractivity contribution in [3.63, 3.8) is 0 Å². The molecule has 0 unspecified atom stereocenters. The molecular formula is C21H25N3O4S. The Morgan fingerprint density at radius 3 is 2.28 bits per heavy atom. The number of thioether (sulfide) groups is 1. The van der Waals surface area contributed by atoms with Gasteiger partial charge in [-0.3, -0.25) is 4.79 Å². The third-order valence-corrected chi connectivity index (χ3v) is 5.45. The van der Waals surface area contributed by atoms with Gasteiger partial charge in [0, 0.05) is 38.5 Å². The predicted molar refractivity (Wildman–Crippen MR) is 113 cm³/mol. The maximum atomic E-state index is 12.2. The lowest BCUT2D eigenvalue weighted by molar-refractivity contribution is 0.200. The summed E-state index contributed by atoms with van der Waals surface area (Å²) in [5.74, 6) is 1.82. The Balaban J connectivity index is 1.40. The van der Waals surface area contributed by atoms with E-state index in [1.807, 2.05) is 41.3 Å². The lowest BCUT2D eigenvalue weighted by atomic mass is 10.2. The second-order valence-corrected chi connectivity index (χ2v) is 7.45. The van der Waals surface area contributed by atoms with Gasteiger partial charge in [-0.15, -0.1) is 0 Å². The van der Waals surface area contributed by atoms with Crippen molar-refractivity contribution in [2.24, 2.45) is 0 Å². The van der Waals surface area contributed by atoms with Crippen molar-refractivity contribution in [2.75, 3.05) is 33.3 Å². The van der Waals surface area contributed by atoms with Crippen LogP contribution < -0.4 is 20.1 Å². The number of benzene rings is 2. The third-order valence-electron chi connectivity index (χ3n) is 4.47. The van der Waals surface area contributed by atoms with Gasteiger partial charge in [0.15, 0.2) is 0 Å². The van der Waals surface area contributed by atoms with Crippen LogP contribution in [0.25, 0.3) is 0 Å². The maximum Gasteiger partial charge on any atom is 0.412 e. The molecule has 0 spiro atoms. The molecule has 0 bridgehead atoms. The average Bonchev–Trinajstić information content (AvgIpc) is 2.78. The van der Waals surface area contributed by atoms with Crippen molar-refractivity contribution >= 4 is 23.1 Å². The number of nitrogens with one attached hydrogen (secondary N) is 2. The molecule has 2 amide bonds. The largest absolute Gasteiger partial charge is 0.497 e. The van der Waals surface area contributed by atoms with Crippen molar-refractivity contribution in [3.8, 4) is 11.5 Å². The molecule has 29 heavy (non-hydrogen) atoms. The normalized spacial score (nSPS) is 13.6. The zero-order valence-corrected chi connectivity index (χ0v) is 17.2. The lowest BCUT2D eigenvalue weighted by Crippen LogP contribution is -2.45. The average molecular weight is 416 g/mol. The Kier molecular flexibility index (Phi) is 7.77. The molecule has 0 atom stereocenters. The summed E-state index contributed by atoms with van der Waals surface area (Å²) in [6.45, 7) is 3.57. The molecule has 2 aromatic rings. The standard InChI is InChI=1S/C21H25N3O4S/c1-27-18-6-2-16(3-7-18)14-23-20(25)28-19-8-4-17(5-9-19)15-29-21(26)24-12-10-22-11-13-24/h2-9,22H,10-15H2,1H3,(H,23,25). The molecule has 0 saturated carbocycles. The van der Waals surface area contributed by atoms with E-state index in [0.717, 1.165) is 43.1 Å². The van der Waals surface area contributed by atoms with Crippen molar-refractivity contribution < 1.29 is 19.1 Å². The second kappa shape index (κ2) is 10.7. The lowest BCUT2D eigenvalue weighted by Gasteiger charge is -2.26. The minimum absolute atomic E-state index is 0.102. The van der Waals surface area contributed by atoms with Gasteiger partial charge in [0.1, 0.15) is 11.5 Å². The first-order valence-corrected chi connectivity index (χ1v) is 10.4. The van der Waals surface area contributed by atoms with E-state index < -0.39 is 6.09 Å². The molecule has 8 heteroatoms. The smallest absolute Gasteiger partial charge is 0.412 e. The van der Waals surface area contributed by atoms with E-state index in [-0.39, 0.29) is 5.24 Å². The van der Waals surface area contributed by atoms with Crippen LogP contribution >= 0.6 is 11.8 Å². The highest BCUT2D eigenvalue weighted by molar-refractivity contribution is 8.12. The number of rotatable bonds is 6. The van der Waals surface area contributed by atoms with Gasteiger partial charge in [0.2, 0.25) is 0 Å². The molecule has 2 aromatic carbocycles. The summed E-state index contributed by atoms with van der Waals surface area (Å²) in [6.07, 6.45) is -0.517. The highest BCUT2D eigenvalue weighted by atomic mass is 32.2. The van der Waals surface area contributed by atoms with Crippen LogP contribution in [0.15, 0.2) is 48.5 Å². The predicted octanol–water partition coefficient (Wildman–Crippen LogP) is 3.24. The van der Waals surface area contributed by atoms with Crippen LogP contribution in [0.2, 0.25) is 0 Å². The highest BCUT2D eigenvalue weighted by Crippen LogP contribution is 2.19. The zero-order chi connectivity index (χ0) is 20.5. The van der Waals surface area contributed by atoms with Crippen LogP contribution in [0.1, 0.15) is 11.1 Å². The van der Waals surface area contributed by atoms with E-state index in [1.54, 1.807) is 19.2 Å². The van der Waals surface area contributed by atoms with E-state index in [9.17, 15) is 9.59 Å². The summed E-state index contributed by atoms with van der Waals surface area (Å²) in [5, 5.41) is 6.05. The van der Waals surface area contributed by atoms with Crippen molar-refractivity contribution in [3.05, 3.63) is 59.7 Å². The Morgan fingerprint density at radius 2 is 1.62 bits per heavy atom. The van der Waals surface area contributed by atoms with Crippen LogP contribution in [0.5, 0.6) is 11.5 Å². The van der Waals surface area contributed by atoms with Crippen LogP contribution in [0, 0.1) is 0 Å². The minimum atomic E-state index is -0.517. The molecule has 1 aliphatic rings. The molecule has 154 valence electrons. The SMILES string of the molecule is COc1ccc(CNC(=O)Oc2ccc(CSC(=O)N3CCNCC3)cc2)cc1. The zero-order valence-electron chi connectivity index (χ0n) is 16.3. The first kappa shape index (κ1) is 21.0. The first-order chi connectivity index (χ1) is 14.1. The van der Waals surface area contributed by atoms with Gasteiger partial charge in [-0.05, 0) is 35.4 Å². The topological polar surface area (TPSA) is 79.9 Å². The number of carbonyl (C=O) groups excluding carboxylic acids is 2. The Bertz CT molecular complexity index is 806. The van der Waals surface area contributed by atoms with E-state index in [4.69, 9.17) is 9.47 Å². The summed E-state index contributed by atoms with van der Waals surface area (Å²) in [4.78, 5) is 26.0. The summed E-state index contributed by atoms with van der Waals surface area (Å²) in [5.41, 5.74) is 1.95. The molecular weight excluding hydrogens is 390 g/mol. The molecule has 0 aromatic heterocycles. The second-order valence-electron chi connectivity index (χ2n) is 6.53. The molecule has 1 fully saturated rings. The van der Waals surface area contributed by atoms with Crippen molar-refractivity contribution in [1.29, 1.82) is 0 Å². The number of carbonyl (C=O) groups is 2. The molecule has 1 heterocycles. The van der Waals surface area contributed by atoms with Gasteiger partial charge in [-0.25, -0.2) is 4.79 Å². The van der Waals surface area contributed by atoms with E-state index in [0.29, 0.717) is 18.0 Å². The molecule has 7 nitrogen and oxygen atoms in total.